The smallest absolute Gasteiger partial charge is 0.277 e. The van der Waals surface area contributed by atoms with Gasteiger partial charge in [-0.1, -0.05) is 22.0 Å². The Morgan fingerprint density at radius 1 is 1.50 bits per heavy atom. The van der Waals surface area contributed by atoms with E-state index in [-0.39, 0.29) is 12.5 Å². The van der Waals surface area contributed by atoms with Crippen molar-refractivity contribution in [1.29, 1.82) is 0 Å². The first-order valence-electron chi connectivity index (χ1n) is 5.89. The third kappa shape index (κ3) is 4.47. The second-order valence-electron chi connectivity index (χ2n) is 4.01. The molecule has 0 spiro atoms. The summed E-state index contributed by atoms with van der Waals surface area (Å²) in [7, 11) is 0. The van der Waals surface area contributed by atoms with Crippen molar-refractivity contribution in [3.63, 3.8) is 0 Å². The molecule has 0 aliphatic carbocycles. The van der Waals surface area contributed by atoms with Crippen molar-refractivity contribution in [2.24, 2.45) is 5.10 Å². The number of nitrogens with one attached hydrogen (secondary N) is 1. The predicted octanol–water partition coefficient (Wildman–Crippen LogP) is 3.35. The van der Waals surface area contributed by atoms with Gasteiger partial charge in [0.25, 0.3) is 5.91 Å². The first kappa shape index (κ1) is 14.7. The summed E-state index contributed by atoms with van der Waals surface area (Å²) in [4.78, 5) is 12.6. The van der Waals surface area contributed by atoms with Crippen molar-refractivity contribution in [3.8, 4) is 5.75 Å². The standard InChI is InChI=1S/C14H13BrN2O2S/c1-10-5-6-20-13(10)8-16-17-14(18)9-19-12-4-2-3-11(15)7-12/h2-8H,9H2,1H3,(H,17,18)/b16-8-. The highest BCUT2D eigenvalue weighted by Crippen LogP contribution is 2.17. The zero-order valence-electron chi connectivity index (χ0n) is 10.8. The number of aryl methyl sites for hydroxylation is 1. The van der Waals surface area contributed by atoms with E-state index in [1.54, 1.807) is 29.7 Å². The number of ether oxygens (including phenoxy) is 1. The number of thiophene rings is 1. The van der Waals surface area contributed by atoms with Gasteiger partial charge in [-0.25, -0.2) is 5.43 Å². The number of hydrazone groups is 1. The minimum Gasteiger partial charge on any atom is -0.484 e. The second kappa shape index (κ2) is 7.21. The number of hydrogen-bond acceptors (Lipinski definition) is 4. The van der Waals surface area contributed by atoms with Gasteiger partial charge in [-0.05, 0) is 42.1 Å². The summed E-state index contributed by atoms with van der Waals surface area (Å²) in [5, 5.41) is 5.88. The van der Waals surface area contributed by atoms with Gasteiger partial charge in [-0.2, -0.15) is 5.10 Å². The summed E-state index contributed by atoms with van der Waals surface area (Å²) in [6, 6.07) is 9.32. The van der Waals surface area contributed by atoms with Crippen LogP contribution in [0.3, 0.4) is 0 Å². The molecule has 0 bridgehead atoms. The van der Waals surface area contributed by atoms with E-state index < -0.39 is 0 Å². The van der Waals surface area contributed by atoms with Crippen molar-refractivity contribution in [2.75, 3.05) is 6.61 Å². The zero-order valence-corrected chi connectivity index (χ0v) is 13.2. The van der Waals surface area contributed by atoms with E-state index in [4.69, 9.17) is 4.74 Å². The van der Waals surface area contributed by atoms with Gasteiger partial charge < -0.3 is 4.74 Å². The van der Waals surface area contributed by atoms with Crippen LogP contribution in [0.5, 0.6) is 5.75 Å². The number of benzene rings is 1. The van der Waals surface area contributed by atoms with E-state index in [1.165, 1.54) is 0 Å². The van der Waals surface area contributed by atoms with E-state index in [0.717, 1.165) is 14.9 Å². The number of hydrogen-bond donors (Lipinski definition) is 1. The number of carbonyl (C=O) groups excluding carboxylic acids is 1. The van der Waals surface area contributed by atoms with Crippen molar-refractivity contribution in [1.82, 2.24) is 5.43 Å². The Morgan fingerprint density at radius 2 is 2.35 bits per heavy atom. The Morgan fingerprint density at radius 3 is 3.05 bits per heavy atom. The number of carbonyl (C=O) groups is 1. The largest absolute Gasteiger partial charge is 0.484 e. The van der Waals surface area contributed by atoms with Crippen LogP contribution >= 0.6 is 27.3 Å². The highest BCUT2D eigenvalue weighted by molar-refractivity contribution is 9.10. The van der Waals surface area contributed by atoms with E-state index in [1.807, 2.05) is 30.5 Å². The van der Waals surface area contributed by atoms with Gasteiger partial charge in [-0.3, -0.25) is 4.79 Å². The second-order valence-corrected chi connectivity index (χ2v) is 5.87. The van der Waals surface area contributed by atoms with Crippen LogP contribution < -0.4 is 10.2 Å². The Labute approximate surface area is 129 Å². The quantitative estimate of drug-likeness (QED) is 0.662. The molecule has 0 aliphatic heterocycles. The van der Waals surface area contributed by atoms with Gasteiger partial charge in [0.1, 0.15) is 5.75 Å². The molecule has 1 aromatic carbocycles. The van der Waals surface area contributed by atoms with Gasteiger partial charge in [0, 0.05) is 9.35 Å². The third-order valence-corrected chi connectivity index (χ3v) is 3.89. The maximum atomic E-state index is 11.6. The molecular formula is C14H13BrN2O2S. The highest BCUT2D eigenvalue weighted by Gasteiger charge is 2.02. The number of halogens is 1. The molecule has 0 atom stereocenters. The fraction of sp³-hybridized carbons (Fsp3) is 0.143. The summed E-state index contributed by atoms with van der Waals surface area (Å²) < 4.78 is 6.25. The average molecular weight is 353 g/mol. The molecule has 1 heterocycles. The SMILES string of the molecule is Cc1ccsc1/C=N\NC(=O)COc1cccc(Br)c1. The van der Waals surface area contributed by atoms with Crippen molar-refractivity contribution < 1.29 is 9.53 Å². The topological polar surface area (TPSA) is 50.7 Å². The van der Waals surface area contributed by atoms with Crippen LogP contribution in [0, 0.1) is 6.92 Å². The van der Waals surface area contributed by atoms with Crippen molar-refractivity contribution >= 4 is 39.4 Å². The van der Waals surface area contributed by atoms with E-state index in [9.17, 15) is 4.79 Å². The fourth-order valence-corrected chi connectivity index (χ4v) is 2.58. The van der Waals surface area contributed by atoms with Crippen LogP contribution in [0.1, 0.15) is 10.4 Å². The van der Waals surface area contributed by atoms with E-state index in [2.05, 4.69) is 26.5 Å². The first-order valence-corrected chi connectivity index (χ1v) is 7.57. The monoisotopic (exact) mass is 352 g/mol. The summed E-state index contributed by atoms with van der Waals surface area (Å²) in [5.74, 6) is 0.336. The maximum absolute atomic E-state index is 11.6. The first-order chi connectivity index (χ1) is 9.65. The molecule has 1 N–H and O–H groups in total. The fourth-order valence-electron chi connectivity index (χ4n) is 1.42. The van der Waals surface area contributed by atoms with E-state index >= 15 is 0 Å². The van der Waals surface area contributed by atoms with Gasteiger partial charge in [0.05, 0.1) is 6.21 Å². The Balaban J connectivity index is 1.79. The molecule has 4 nitrogen and oxygen atoms in total. The summed E-state index contributed by atoms with van der Waals surface area (Å²) in [6.07, 6.45) is 1.64. The van der Waals surface area contributed by atoms with Crippen LogP contribution in [0.4, 0.5) is 0 Å². The minimum absolute atomic E-state index is 0.0722. The Hall–Kier alpha value is -1.66. The molecule has 1 aromatic heterocycles. The zero-order chi connectivity index (χ0) is 14.4. The van der Waals surface area contributed by atoms with Crippen LogP contribution in [-0.4, -0.2) is 18.7 Å². The van der Waals surface area contributed by atoms with Gasteiger partial charge >= 0.3 is 0 Å². The molecular weight excluding hydrogens is 340 g/mol. The highest BCUT2D eigenvalue weighted by atomic mass is 79.9. The van der Waals surface area contributed by atoms with Gasteiger partial charge in [0.2, 0.25) is 0 Å². The molecule has 0 fully saturated rings. The van der Waals surface area contributed by atoms with Crippen molar-refractivity contribution in [3.05, 3.63) is 50.6 Å². The number of nitrogens with zero attached hydrogens (tertiary/aromatic N) is 1. The van der Waals surface area contributed by atoms with Crippen LogP contribution in [0.2, 0.25) is 0 Å². The summed E-state index contributed by atoms with van der Waals surface area (Å²) in [6.45, 7) is 1.92. The Kier molecular flexibility index (Phi) is 5.31. The number of rotatable bonds is 5. The lowest BCUT2D eigenvalue weighted by Crippen LogP contribution is -2.24. The summed E-state index contributed by atoms with van der Waals surface area (Å²) >= 11 is 4.91. The van der Waals surface area contributed by atoms with Gasteiger partial charge in [-0.15, -0.1) is 11.3 Å². The molecule has 6 heteroatoms. The van der Waals surface area contributed by atoms with Crippen LogP contribution in [0.15, 0.2) is 45.3 Å². The molecule has 0 aliphatic rings. The summed E-state index contributed by atoms with van der Waals surface area (Å²) in [5.41, 5.74) is 3.57. The Bertz CT molecular complexity index is 625. The molecule has 0 saturated heterocycles. The molecule has 0 saturated carbocycles. The molecule has 20 heavy (non-hydrogen) atoms. The lowest BCUT2D eigenvalue weighted by atomic mass is 10.3. The molecule has 1 amide bonds. The van der Waals surface area contributed by atoms with Gasteiger partial charge in [0.15, 0.2) is 6.61 Å². The van der Waals surface area contributed by atoms with Crippen molar-refractivity contribution in [2.45, 2.75) is 6.92 Å². The molecule has 2 rings (SSSR count). The molecule has 0 radical (unpaired) electrons. The molecule has 2 aromatic rings. The lowest BCUT2D eigenvalue weighted by Gasteiger charge is -2.04. The average Bonchev–Trinajstić information content (AvgIpc) is 2.82. The maximum Gasteiger partial charge on any atom is 0.277 e. The predicted molar refractivity (Wildman–Crippen MR) is 84.4 cm³/mol. The van der Waals surface area contributed by atoms with Crippen LogP contribution in [0.25, 0.3) is 0 Å². The lowest BCUT2D eigenvalue weighted by molar-refractivity contribution is -0.123. The normalized spacial score (nSPS) is 10.7. The van der Waals surface area contributed by atoms with Crippen LogP contribution in [-0.2, 0) is 4.79 Å². The molecule has 0 unspecified atom stereocenters. The minimum atomic E-state index is -0.296. The van der Waals surface area contributed by atoms with E-state index in [0.29, 0.717) is 5.75 Å². The number of amides is 1. The molecule has 104 valence electrons. The third-order valence-electron chi connectivity index (χ3n) is 2.44.